The van der Waals surface area contributed by atoms with Gasteiger partial charge in [-0.05, 0) is 29.8 Å². The molecule has 2 aromatic carbocycles. The van der Waals surface area contributed by atoms with Crippen LogP contribution in [-0.4, -0.2) is 20.1 Å². The number of carbonyl (C=O) groups excluding carboxylic acids is 1. The molecule has 0 heterocycles. The Hall–Kier alpha value is -2.00. The summed E-state index contributed by atoms with van der Waals surface area (Å²) in [5.41, 5.74) is 2.53. The highest BCUT2D eigenvalue weighted by Gasteiger charge is 2.14. The number of halogens is 1. The highest BCUT2D eigenvalue weighted by molar-refractivity contribution is 6.30. The zero-order chi connectivity index (χ0) is 14.5. The van der Waals surface area contributed by atoms with Crippen molar-refractivity contribution in [2.75, 3.05) is 19.1 Å². The largest absolute Gasteiger partial charge is 0.465 e. The number of hydrogen-bond donors (Lipinski definition) is 0. The number of carbonyl (C=O) groups is 1. The van der Waals surface area contributed by atoms with Crippen LogP contribution in [0.25, 0.3) is 0 Å². The summed E-state index contributed by atoms with van der Waals surface area (Å²) >= 11 is 5.88. The maximum absolute atomic E-state index is 11.8. The van der Waals surface area contributed by atoms with Crippen LogP contribution in [0.4, 0.5) is 5.69 Å². The Labute approximate surface area is 123 Å². The number of esters is 1. The molecule has 3 nitrogen and oxygen atoms in total. The number of para-hydroxylation sites is 1. The van der Waals surface area contributed by atoms with Crippen molar-refractivity contribution in [3.05, 3.63) is 64.7 Å². The number of methoxy groups -OCH3 is 1. The average molecular weight is 290 g/mol. The normalized spacial score (nSPS) is 10.2. The fraction of sp³-hybridized carbons (Fsp3) is 0.188. The van der Waals surface area contributed by atoms with Crippen LogP contribution in [0.2, 0.25) is 5.02 Å². The number of anilines is 1. The summed E-state index contributed by atoms with van der Waals surface area (Å²) in [4.78, 5) is 13.8. The molecule has 0 aliphatic heterocycles. The second-order valence-corrected chi connectivity index (χ2v) is 4.93. The molecule has 0 aliphatic carbocycles. The van der Waals surface area contributed by atoms with E-state index in [4.69, 9.17) is 16.3 Å². The molecule has 0 atom stereocenters. The molecule has 0 radical (unpaired) electrons. The summed E-state index contributed by atoms with van der Waals surface area (Å²) < 4.78 is 4.81. The highest BCUT2D eigenvalue weighted by Crippen LogP contribution is 2.22. The van der Waals surface area contributed by atoms with Crippen molar-refractivity contribution >= 4 is 23.3 Å². The molecule has 0 saturated heterocycles. The predicted octanol–water partition coefficient (Wildman–Crippen LogP) is 3.76. The summed E-state index contributed by atoms with van der Waals surface area (Å²) in [6.45, 7) is 0.686. The maximum Gasteiger partial charge on any atom is 0.339 e. The molecular formula is C16H16ClNO2. The van der Waals surface area contributed by atoms with Gasteiger partial charge in [-0.15, -0.1) is 0 Å². The Morgan fingerprint density at radius 1 is 1.15 bits per heavy atom. The quantitative estimate of drug-likeness (QED) is 0.803. The Morgan fingerprint density at radius 3 is 2.45 bits per heavy atom. The van der Waals surface area contributed by atoms with E-state index in [9.17, 15) is 4.79 Å². The first-order valence-corrected chi connectivity index (χ1v) is 6.62. The molecule has 0 spiro atoms. The molecule has 0 aliphatic rings. The van der Waals surface area contributed by atoms with Gasteiger partial charge in [-0.1, -0.05) is 35.9 Å². The van der Waals surface area contributed by atoms with E-state index in [0.29, 0.717) is 17.1 Å². The number of benzene rings is 2. The molecular weight excluding hydrogens is 274 g/mol. The summed E-state index contributed by atoms with van der Waals surface area (Å²) in [5.74, 6) is -0.330. The van der Waals surface area contributed by atoms with E-state index in [1.807, 2.05) is 54.4 Å². The third-order valence-corrected chi connectivity index (χ3v) is 3.31. The molecule has 104 valence electrons. The van der Waals surface area contributed by atoms with E-state index in [2.05, 4.69) is 0 Å². The first-order chi connectivity index (χ1) is 9.61. The molecule has 0 amide bonds. The molecule has 4 heteroatoms. The predicted molar refractivity (Wildman–Crippen MR) is 81.3 cm³/mol. The molecule has 0 unspecified atom stereocenters. The monoisotopic (exact) mass is 289 g/mol. The SMILES string of the molecule is COC(=O)c1ccccc1N(C)Cc1ccc(Cl)cc1. The van der Waals surface area contributed by atoms with Crippen molar-refractivity contribution in [3.63, 3.8) is 0 Å². The van der Waals surface area contributed by atoms with Crippen LogP contribution in [0.1, 0.15) is 15.9 Å². The lowest BCUT2D eigenvalue weighted by molar-refractivity contribution is 0.0601. The van der Waals surface area contributed by atoms with Crippen LogP contribution in [0.15, 0.2) is 48.5 Å². The van der Waals surface area contributed by atoms with Gasteiger partial charge in [0.05, 0.1) is 18.4 Å². The second-order valence-electron chi connectivity index (χ2n) is 4.49. The van der Waals surface area contributed by atoms with Crippen molar-refractivity contribution in [2.24, 2.45) is 0 Å². The van der Waals surface area contributed by atoms with E-state index < -0.39 is 0 Å². The topological polar surface area (TPSA) is 29.5 Å². The van der Waals surface area contributed by atoms with Gasteiger partial charge >= 0.3 is 5.97 Å². The lowest BCUT2D eigenvalue weighted by Crippen LogP contribution is -2.19. The minimum Gasteiger partial charge on any atom is -0.465 e. The van der Waals surface area contributed by atoms with Crippen molar-refractivity contribution in [3.8, 4) is 0 Å². The molecule has 0 saturated carbocycles. The van der Waals surface area contributed by atoms with Crippen LogP contribution in [0.3, 0.4) is 0 Å². The molecule has 0 fully saturated rings. The van der Waals surface area contributed by atoms with Gasteiger partial charge in [-0.25, -0.2) is 4.79 Å². The van der Waals surface area contributed by atoms with Crippen LogP contribution in [-0.2, 0) is 11.3 Å². The zero-order valence-electron chi connectivity index (χ0n) is 11.5. The minimum absolute atomic E-state index is 0.330. The zero-order valence-corrected chi connectivity index (χ0v) is 12.2. The van der Waals surface area contributed by atoms with Gasteiger partial charge < -0.3 is 9.64 Å². The third kappa shape index (κ3) is 3.31. The number of hydrogen-bond acceptors (Lipinski definition) is 3. The molecule has 0 bridgehead atoms. The number of nitrogens with zero attached hydrogens (tertiary/aromatic N) is 1. The van der Waals surface area contributed by atoms with Crippen LogP contribution < -0.4 is 4.90 Å². The van der Waals surface area contributed by atoms with Gasteiger partial charge in [0, 0.05) is 18.6 Å². The second kappa shape index (κ2) is 6.44. The first-order valence-electron chi connectivity index (χ1n) is 6.24. The summed E-state index contributed by atoms with van der Waals surface area (Å²) in [6.07, 6.45) is 0. The van der Waals surface area contributed by atoms with Crippen molar-refractivity contribution in [2.45, 2.75) is 6.54 Å². The third-order valence-electron chi connectivity index (χ3n) is 3.05. The van der Waals surface area contributed by atoms with Gasteiger partial charge in [0.1, 0.15) is 0 Å². The summed E-state index contributed by atoms with van der Waals surface area (Å²) in [5, 5.41) is 0.714. The standard InChI is InChI=1S/C16H16ClNO2/c1-18(11-12-7-9-13(17)10-8-12)15-6-4-3-5-14(15)16(19)20-2/h3-10H,11H2,1-2H3. The molecule has 2 aromatic rings. The Bertz CT molecular complexity index is 596. The molecule has 2 rings (SSSR count). The molecule has 20 heavy (non-hydrogen) atoms. The smallest absolute Gasteiger partial charge is 0.339 e. The minimum atomic E-state index is -0.330. The van der Waals surface area contributed by atoms with Gasteiger partial charge in [-0.3, -0.25) is 0 Å². The Balaban J connectivity index is 2.23. The first kappa shape index (κ1) is 14.4. The van der Waals surface area contributed by atoms with Gasteiger partial charge in [0.2, 0.25) is 0 Å². The number of ether oxygens (including phenoxy) is 1. The molecule has 0 N–H and O–H groups in total. The lowest BCUT2D eigenvalue weighted by Gasteiger charge is -2.21. The van der Waals surface area contributed by atoms with Crippen LogP contribution >= 0.6 is 11.6 Å². The van der Waals surface area contributed by atoms with E-state index in [1.54, 1.807) is 6.07 Å². The Morgan fingerprint density at radius 2 is 1.80 bits per heavy atom. The van der Waals surface area contributed by atoms with Crippen molar-refractivity contribution < 1.29 is 9.53 Å². The fourth-order valence-corrected chi connectivity index (χ4v) is 2.16. The van der Waals surface area contributed by atoms with E-state index in [0.717, 1.165) is 11.3 Å². The van der Waals surface area contributed by atoms with Crippen LogP contribution in [0, 0.1) is 0 Å². The van der Waals surface area contributed by atoms with Gasteiger partial charge in [0.15, 0.2) is 0 Å². The number of rotatable bonds is 4. The lowest BCUT2D eigenvalue weighted by atomic mass is 10.1. The fourth-order valence-electron chi connectivity index (χ4n) is 2.04. The molecule has 0 aromatic heterocycles. The van der Waals surface area contributed by atoms with Crippen molar-refractivity contribution in [1.82, 2.24) is 0 Å². The van der Waals surface area contributed by atoms with Crippen LogP contribution in [0.5, 0.6) is 0 Å². The summed E-state index contributed by atoms with van der Waals surface area (Å²) in [6, 6.07) is 15.1. The van der Waals surface area contributed by atoms with Crippen molar-refractivity contribution in [1.29, 1.82) is 0 Å². The highest BCUT2D eigenvalue weighted by atomic mass is 35.5. The van der Waals surface area contributed by atoms with E-state index in [1.165, 1.54) is 7.11 Å². The van der Waals surface area contributed by atoms with Gasteiger partial charge in [0.25, 0.3) is 0 Å². The Kier molecular flexibility index (Phi) is 4.64. The van der Waals surface area contributed by atoms with E-state index >= 15 is 0 Å². The summed E-state index contributed by atoms with van der Waals surface area (Å²) in [7, 11) is 3.33. The maximum atomic E-state index is 11.8. The average Bonchev–Trinajstić information content (AvgIpc) is 2.48. The van der Waals surface area contributed by atoms with E-state index in [-0.39, 0.29) is 5.97 Å². The van der Waals surface area contributed by atoms with Gasteiger partial charge in [-0.2, -0.15) is 0 Å².